The molecule has 0 bridgehead atoms. The van der Waals surface area contributed by atoms with Gasteiger partial charge in [0.15, 0.2) is 0 Å². The smallest absolute Gasteiger partial charge is 0.329 e. The Morgan fingerprint density at radius 1 is 1.30 bits per heavy atom. The lowest BCUT2D eigenvalue weighted by atomic mass is 9.73. The fourth-order valence-electron chi connectivity index (χ4n) is 3.28. The predicted molar refractivity (Wildman–Crippen MR) is 87.6 cm³/mol. The van der Waals surface area contributed by atoms with Gasteiger partial charge in [-0.1, -0.05) is 31.9 Å². The summed E-state index contributed by atoms with van der Waals surface area (Å²) in [5, 5.41) is 12.5. The quantitative estimate of drug-likeness (QED) is 0.875. The molecule has 126 valence electrons. The number of nitrogens with one attached hydrogen (secondary N) is 1. The van der Waals surface area contributed by atoms with Crippen molar-refractivity contribution in [2.24, 2.45) is 5.92 Å². The van der Waals surface area contributed by atoms with Crippen LogP contribution in [0.5, 0.6) is 5.75 Å². The van der Waals surface area contributed by atoms with Gasteiger partial charge in [-0.2, -0.15) is 0 Å². The molecule has 1 aromatic rings. The molecule has 2 rings (SSSR count). The summed E-state index contributed by atoms with van der Waals surface area (Å²) in [5.41, 5.74) is -0.303. The molecule has 0 saturated heterocycles. The van der Waals surface area contributed by atoms with Crippen LogP contribution >= 0.6 is 0 Å². The predicted octanol–water partition coefficient (Wildman–Crippen LogP) is 2.95. The molecule has 1 aliphatic carbocycles. The third-order valence-electron chi connectivity index (χ3n) is 5.04. The number of hydrogen-bond acceptors (Lipinski definition) is 3. The highest BCUT2D eigenvalue weighted by Crippen LogP contribution is 2.34. The van der Waals surface area contributed by atoms with Crippen LogP contribution in [-0.2, 0) is 9.59 Å². The lowest BCUT2D eigenvalue weighted by molar-refractivity contribution is -0.152. The second kappa shape index (κ2) is 7.02. The van der Waals surface area contributed by atoms with Gasteiger partial charge in [0.2, 0.25) is 5.91 Å². The number of benzene rings is 1. The highest BCUT2D eigenvalue weighted by molar-refractivity contribution is 5.90. The van der Waals surface area contributed by atoms with E-state index in [1.165, 1.54) is 0 Å². The van der Waals surface area contributed by atoms with E-state index in [2.05, 4.69) is 5.32 Å². The van der Waals surface area contributed by atoms with Crippen molar-refractivity contribution < 1.29 is 19.4 Å². The average molecular weight is 319 g/mol. The molecule has 1 saturated carbocycles. The Bertz CT molecular complexity index is 569. The lowest BCUT2D eigenvalue weighted by Gasteiger charge is -2.40. The molecule has 0 heterocycles. The van der Waals surface area contributed by atoms with Crippen LogP contribution in [0.25, 0.3) is 0 Å². The van der Waals surface area contributed by atoms with Gasteiger partial charge in [0.1, 0.15) is 11.3 Å². The number of amides is 1. The molecule has 1 amide bonds. The van der Waals surface area contributed by atoms with E-state index in [1.54, 1.807) is 26.2 Å². The van der Waals surface area contributed by atoms with Gasteiger partial charge >= 0.3 is 5.97 Å². The van der Waals surface area contributed by atoms with Crippen molar-refractivity contribution in [3.63, 3.8) is 0 Å². The van der Waals surface area contributed by atoms with E-state index in [1.807, 2.05) is 19.1 Å². The summed E-state index contributed by atoms with van der Waals surface area (Å²) in [6.07, 6.45) is 3.15. The zero-order valence-corrected chi connectivity index (χ0v) is 14.0. The number of aliphatic carboxylic acids is 1. The highest BCUT2D eigenvalue weighted by atomic mass is 16.5. The fourth-order valence-corrected chi connectivity index (χ4v) is 3.28. The Hall–Kier alpha value is -2.04. The second-order valence-corrected chi connectivity index (χ2v) is 6.41. The van der Waals surface area contributed by atoms with Crippen molar-refractivity contribution in [3.8, 4) is 5.75 Å². The Labute approximate surface area is 137 Å². The molecule has 23 heavy (non-hydrogen) atoms. The van der Waals surface area contributed by atoms with Gasteiger partial charge < -0.3 is 15.2 Å². The fraction of sp³-hybridized carbons (Fsp3) is 0.556. The van der Waals surface area contributed by atoms with Crippen LogP contribution in [0, 0.1) is 5.92 Å². The first-order chi connectivity index (χ1) is 10.9. The van der Waals surface area contributed by atoms with E-state index in [4.69, 9.17) is 4.74 Å². The maximum atomic E-state index is 12.6. The van der Waals surface area contributed by atoms with Crippen molar-refractivity contribution in [1.82, 2.24) is 5.32 Å². The number of rotatable bonds is 5. The van der Waals surface area contributed by atoms with Gasteiger partial charge in [0.25, 0.3) is 0 Å². The van der Waals surface area contributed by atoms with Gasteiger partial charge in [-0.3, -0.25) is 4.79 Å². The number of ether oxygens (including phenoxy) is 1. The largest absolute Gasteiger partial charge is 0.497 e. The molecule has 1 aromatic carbocycles. The zero-order chi connectivity index (χ0) is 17.0. The third kappa shape index (κ3) is 3.49. The van der Waals surface area contributed by atoms with Crippen LogP contribution in [0.4, 0.5) is 0 Å². The number of hydrogen-bond donors (Lipinski definition) is 2. The van der Waals surface area contributed by atoms with Gasteiger partial charge in [-0.05, 0) is 43.4 Å². The van der Waals surface area contributed by atoms with E-state index in [-0.39, 0.29) is 11.8 Å². The monoisotopic (exact) mass is 319 g/mol. The summed E-state index contributed by atoms with van der Waals surface area (Å²) in [7, 11) is 1.59. The summed E-state index contributed by atoms with van der Waals surface area (Å²) in [6, 6.07) is 7.27. The van der Waals surface area contributed by atoms with Crippen LogP contribution in [0.2, 0.25) is 0 Å². The Morgan fingerprint density at radius 2 is 1.96 bits per heavy atom. The minimum atomic E-state index is -1.14. The van der Waals surface area contributed by atoms with Crippen molar-refractivity contribution in [2.45, 2.75) is 51.0 Å². The first-order valence-corrected chi connectivity index (χ1v) is 8.10. The molecule has 0 aromatic heterocycles. The Kier molecular flexibility index (Phi) is 5.29. The average Bonchev–Trinajstić information content (AvgIpc) is 2.56. The summed E-state index contributed by atoms with van der Waals surface area (Å²) in [4.78, 5) is 24.4. The van der Waals surface area contributed by atoms with Gasteiger partial charge in [0, 0.05) is 0 Å². The van der Waals surface area contributed by atoms with E-state index >= 15 is 0 Å². The van der Waals surface area contributed by atoms with Crippen molar-refractivity contribution in [3.05, 3.63) is 29.8 Å². The number of methoxy groups -OCH3 is 1. The van der Waals surface area contributed by atoms with Crippen molar-refractivity contribution in [1.29, 1.82) is 0 Å². The molecule has 0 radical (unpaired) electrons. The first kappa shape index (κ1) is 17.3. The van der Waals surface area contributed by atoms with Crippen LogP contribution in [0.15, 0.2) is 24.3 Å². The maximum absolute atomic E-state index is 12.6. The second-order valence-electron chi connectivity index (χ2n) is 6.41. The Morgan fingerprint density at radius 3 is 2.48 bits per heavy atom. The Balaban J connectivity index is 2.16. The molecular formula is C18H25NO4. The minimum absolute atomic E-state index is 0.0687. The third-order valence-corrected chi connectivity index (χ3v) is 5.04. The summed E-state index contributed by atoms with van der Waals surface area (Å²) >= 11 is 0. The van der Waals surface area contributed by atoms with Gasteiger partial charge in [0.05, 0.1) is 13.0 Å². The van der Waals surface area contributed by atoms with Crippen LogP contribution in [0.3, 0.4) is 0 Å². The van der Waals surface area contributed by atoms with E-state index in [0.29, 0.717) is 6.42 Å². The zero-order valence-electron chi connectivity index (χ0n) is 14.0. The van der Waals surface area contributed by atoms with E-state index in [0.717, 1.165) is 30.6 Å². The normalized spacial score (nSPS) is 25.4. The molecule has 5 heteroatoms. The molecule has 0 spiro atoms. The van der Waals surface area contributed by atoms with Crippen LogP contribution in [-0.4, -0.2) is 29.6 Å². The minimum Gasteiger partial charge on any atom is -0.497 e. The molecule has 3 atom stereocenters. The van der Waals surface area contributed by atoms with Crippen molar-refractivity contribution in [2.75, 3.05) is 7.11 Å². The standard InChI is InChI=1S/C18H25NO4/c1-12-6-4-5-11-18(12,17(21)22)19-16(20)13(2)14-7-9-15(23-3)10-8-14/h7-10,12-13H,4-6,11H2,1-3H3,(H,19,20)(H,21,22). The summed E-state index contributed by atoms with van der Waals surface area (Å²) in [5.74, 6) is -0.928. The summed E-state index contributed by atoms with van der Waals surface area (Å²) < 4.78 is 5.11. The van der Waals surface area contributed by atoms with E-state index < -0.39 is 17.4 Å². The van der Waals surface area contributed by atoms with Crippen LogP contribution in [0.1, 0.15) is 51.0 Å². The molecule has 0 aliphatic heterocycles. The summed E-state index contributed by atoms with van der Waals surface area (Å²) in [6.45, 7) is 3.70. The van der Waals surface area contributed by atoms with Crippen LogP contribution < -0.4 is 10.1 Å². The lowest BCUT2D eigenvalue weighted by Crippen LogP contribution is -2.60. The molecule has 5 nitrogen and oxygen atoms in total. The molecular weight excluding hydrogens is 294 g/mol. The number of carbonyl (C=O) groups excluding carboxylic acids is 1. The maximum Gasteiger partial charge on any atom is 0.329 e. The number of carbonyl (C=O) groups is 2. The molecule has 1 fully saturated rings. The number of carboxylic acid groups (broad SMARTS) is 1. The molecule has 2 N–H and O–H groups in total. The number of carboxylic acids is 1. The van der Waals surface area contributed by atoms with Crippen molar-refractivity contribution >= 4 is 11.9 Å². The topological polar surface area (TPSA) is 75.6 Å². The SMILES string of the molecule is COc1ccc(C(C)C(=O)NC2(C(=O)O)CCCCC2C)cc1. The highest BCUT2D eigenvalue weighted by Gasteiger charge is 2.46. The van der Waals surface area contributed by atoms with E-state index in [9.17, 15) is 14.7 Å². The molecule has 3 unspecified atom stereocenters. The molecule has 1 aliphatic rings. The van der Waals surface area contributed by atoms with Gasteiger partial charge in [-0.15, -0.1) is 0 Å². The van der Waals surface area contributed by atoms with Gasteiger partial charge in [-0.25, -0.2) is 4.79 Å². The first-order valence-electron chi connectivity index (χ1n) is 8.10.